The second-order valence-electron chi connectivity index (χ2n) is 4.00. The minimum atomic E-state index is -0.660. The zero-order valence-corrected chi connectivity index (χ0v) is 11.2. The molecule has 0 aliphatic heterocycles. The molecule has 0 aliphatic rings. The van der Waals surface area contributed by atoms with Crippen LogP contribution in [0.1, 0.15) is 10.4 Å². The lowest BCUT2D eigenvalue weighted by Gasteiger charge is -2.07. The summed E-state index contributed by atoms with van der Waals surface area (Å²) in [6, 6.07) is 9.09. The number of benzene rings is 1. The normalized spacial score (nSPS) is 9.76. The summed E-state index contributed by atoms with van der Waals surface area (Å²) in [5.41, 5.74) is 5.87. The molecule has 3 N–H and O–H groups in total. The molecule has 0 fully saturated rings. The van der Waals surface area contributed by atoms with Crippen molar-refractivity contribution < 1.29 is 19.1 Å². The number of rotatable bonds is 4. The van der Waals surface area contributed by atoms with E-state index < -0.39 is 12.0 Å². The van der Waals surface area contributed by atoms with E-state index in [-0.39, 0.29) is 0 Å². The lowest BCUT2D eigenvalue weighted by atomic mass is 10.3. The van der Waals surface area contributed by atoms with Crippen LogP contribution in [0.3, 0.4) is 0 Å². The van der Waals surface area contributed by atoms with E-state index in [1.54, 1.807) is 36.4 Å². The zero-order valence-electron chi connectivity index (χ0n) is 11.2. The number of nitrogens with zero attached hydrogens (tertiary/aromatic N) is 1. The molecule has 7 heteroatoms. The molecule has 7 nitrogen and oxygen atoms in total. The SMILES string of the molecule is COC(=O)c1ccc(Oc2cccc(NC(N)=O)c2)nc1. The van der Waals surface area contributed by atoms with Crippen LogP contribution in [-0.2, 0) is 4.74 Å². The van der Waals surface area contributed by atoms with E-state index in [4.69, 9.17) is 10.5 Å². The fourth-order valence-corrected chi connectivity index (χ4v) is 1.58. The van der Waals surface area contributed by atoms with E-state index in [1.807, 2.05) is 0 Å². The van der Waals surface area contributed by atoms with Crippen molar-refractivity contribution >= 4 is 17.7 Å². The second-order valence-corrected chi connectivity index (χ2v) is 4.00. The first-order valence-electron chi connectivity index (χ1n) is 5.97. The smallest absolute Gasteiger partial charge is 0.339 e. The predicted molar refractivity (Wildman–Crippen MR) is 75.3 cm³/mol. The minimum absolute atomic E-state index is 0.305. The lowest BCUT2D eigenvalue weighted by Crippen LogP contribution is -2.19. The molecular formula is C14H13N3O4. The van der Waals surface area contributed by atoms with Crippen LogP contribution in [0.5, 0.6) is 11.6 Å². The van der Waals surface area contributed by atoms with Gasteiger partial charge in [-0.25, -0.2) is 14.6 Å². The number of primary amides is 1. The monoisotopic (exact) mass is 287 g/mol. The van der Waals surface area contributed by atoms with E-state index in [2.05, 4.69) is 15.0 Å². The van der Waals surface area contributed by atoms with Crippen LogP contribution in [0.25, 0.3) is 0 Å². The van der Waals surface area contributed by atoms with Gasteiger partial charge in [-0.05, 0) is 18.2 Å². The number of amides is 2. The molecule has 0 aliphatic carbocycles. The number of methoxy groups -OCH3 is 1. The highest BCUT2D eigenvalue weighted by Crippen LogP contribution is 2.22. The molecule has 1 aromatic heterocycles. The molecule has 0 spiro atoms. The molecule has 0 bridgehead atoms. The average molecular weight is 287 g/mol. The molecule has 21 heavy (non-hydrogen) atoms. The summed E-state index contributed by atoms with van der Waals surface area (Å²) < 4.78 is 10.1. The van der Waals surface area contributed by atoms with Crippen LogP contribution in [0.2, 0.25) is 0 Å². The fraction of sp³-hybridized carbons (Fsp3) is 0.0714. The van der Waals surface area contributed by atoms with Gasteiger partial charge < -0.3 is 20.5 Å². The van der Waals surface area contributed by atoms with Crippen molar-refractivity contribution in [2.24, 2.45) is 5.73 Å². The Morgan fingerprint density at radius 3 is 2.67 bits per heavy atom. The van der Waals surface area contributed by atoms with Crippen molar-refractivity contribution in [1.82, 2.24) is 4.98 Å². The highest BCUT2D eigenvalue weighted by molar-refractivity contribution is 5.89. The maximum absolute atomic E-state index is 11.3. The van der Waals surface area contributed by atoms with Crippen molar-refractivity contribution in [2.45, 2.75) is 0 Å². The minimum Gasteiger partial charge on any atom is -0.465 e. The number of esters is 1. The van der Waals surface area contributed by atoms with E-state index >= 15 is 0 Å². The Morgan fingerprint density at radius 2 is 2.05 bits per heavy atom. The number of anilines is 1. The van der Waals surface area contributed by atoms with Gasteiger partial charge in [0, 0.05) is 24.0 Å². The first-order valence-corrected chi connectivity index (χ1v) is 5.97. The second kappa shape index (κ2) is 6.38. The Morgan fingerprint density at radius 1 is 1.24 bits per heavy atom. The number of urea groups is 1. The first kappa shape index (κ1) is 14.3. The summed E-state index contributed by atoms with van der Waals surface area (Å²) in [6.07, 6.45) is 1.35. The zero-order chi connectivity index (χ0) is 15.2. The average Bonchev–Trinajstić information content (AvgIpc) is 2.47. The third kappa shape index (κ3) is 3.93. The summed E-state index contributed by atoms with van der Waals surface area (Å²) in [5, 5.41) is 2.44. The highest BCUT2D eigenvalue weighted by Gasteiger charge is 2.06. The van der Waals surface area contributed by atoms with E-state index in [9.17, 15) is 9.59 Å². The third-order valence-electron chi connectivity index (χ3n) is 2.48. The number of carbonyl (C=O) groups excluding carboxylic acids is 2. The molecular weight excluding hydrogens is 274 g/mol. The van der Waals surface area contributed by atoms with Crippen LogP contribution in [0, 0.1) is 0 Å². The maximum atomic E-state index is 11.3. The summed E-state index contributed by atoms with van der Waals surface area (Å²) in [4.78, 5) is 26.1. The Hall–Kier alpha value is -3.09. The number of carbonyl (C=O) groups is 2. The third-order valence-corrected chi connectivity index (χ3v) is 2.48. The quantitative estimate of drug-likeness (QED) is 0.838. The van der Waals surface area contributed by atoms with Gasteiger partial charge in [0.1, 0.15) is 5.75 Å². The Balaban J connectivity index is 2.11. The molecule has 1 heterocycles. The van der Waals surface area contributed by atoms with Gasteiger partial charge in [0.05, 0.1) is 12.7 Å². The molecule has 0 atom stereocenters. The van der Waals surface area contributed by atoms with E-state index in [0.717, 1.165) is 0 Å². The Labute approximate surface area is 120 Å². The molecule has 108 valence electrons. The molecule has 0 saturated carbocycles. The van der Waals surface area contributed by atoms with Crippen molar-refractivity contribution in [1.29, 1.82) is 0 Å². The topological polar surface area (TPSA) is 104 Å². The first-order chi connectivity index (χ1) is 10.1. The number of hydrogen-bond acceptors (Lipinski definition) is 5. The molecule has 2 aromatic rings. The number of hydrogen-bond donors (Lipinski definition) is 2. The largest absolute Gasteiger partial charge is 0.465 e. The van der Waals surface area contributed by atoms with Gasteiger partial charge in [0.2, 0.25) is 5.88 Å². The number of nitrogens with two attached hydrogens (primary N) is 1. The lowest BCUT2D eigenvalue weighted by molar-refractivity contribution is 0.0600. The van der Waals surface area contributed by atoms with E-state index in [1.165, 1.54) is 13.3 Å². The van der Waals surface area contributed by atoms with Crippen LogP contribution in [0.4, 0.5) is 10.5 Å². The number of nitrogens with one attached hydrogen (secondary N) is 1. The number of pyridine rings is 1. The summed E-state index contributed by atoms with van der Waals surface area (Å²) in [7, 11) is 1.30. The van der Waals surface area contributed by atoms with Crippen LogP contribution in [-0.4, -0.2) is 24.1 Å². The summed E-state index contributed by atoms with van der Waals surface area (Å²) >= 11 is 0. The van der Waals surface area contributed by atoms with E-state index in [0.29, 0.717) is 22.9 Å². The molecule has 1 aromatic carbocycles. The molecule has 0 unspecified atom stereocenters. The molecule has 0 saturated heterocycles. The van der Waals surface area contributed by atoms with Gasteiger partial charge in [0.25, 0.3) is 0 Å². The van der Waals surface area contributed by atoms with Gasteiger partial charge in [-0.1, -0.05) is 6.07 Å². The predicted octanol–water partition coefficient (Wildman–Crippen LogP) is 2.15. The summed E-state index contributed by atoms with van der Waals surface area (Å²) in [6.45, 7) is 0. The standard InChI is InChI=1S/C14H13N3O4/c1-20-13(18)9-5-6-12(16-8-9)21-11-4-2-3-10(7-11)17-14(15)19/h2-8H,1H3,(H3,15,17,19). The number of ether oxygens (including phenoxy) is 2. The Bertz CT molecular complexity index is 656. The highest BCUT2D eigenvalue weighted by atomic mass is 16.5. The summed E-state index contributed by atoms with van der Waals surface area (Å²) in [5.74, 6) is 0.306. The fourth-order valence-electron chi connectivity index (χ4n) is 1.58. The maximum Gasteiger partial charge on any atom is 0.339 e. The molecule has 0 radical (unpaired) electrons. The molecule has 2 amide bonds. The van der Waals surface area contributed by atoms with Gasteiger partial charge in [-0.2, -0.15) is 0 Å². The van der Waals surface area contributed by atoms with Crippen molar-refractivity contribution in [3.05, 3.63) is 48.2 Å². The van der Waals surface area contributed by atoms with Crippen molar-refractivity contribution in [2.75, 3.05) is 12.4 Å². The van der Waals surface area contributed by atoms with Gasteiger partial charge in [0.15, 0.2) is 0 Å². The van der Waals surface area contributed by atoms with Crippen LogP contribution >= 0.6 is 0 Å². The van der Waals surface area contributed by atoms with Gasteiger partial charge in [-0.15, -0.1) is 0 Å². The Kier molecular flexibility index (Phi) is 4.35. The molecule has 2 rings (SSSR count). The van der Waals surface area contributed by atoms with Crippen molar-refractivity contribution in [3.63, 3.8) is 0 Å². The van der Waals surface area contributed by atoms with Gasteiger partial charge >= 0.3 is 12.0 Å². The van der Waals surface area contributed by atoms with Crippen LogP contribution < -0.4 is 15.8 Å². The van der Waals surface area contributed by atoms with Crippen molar-refractivity contribution in [3.8, 4) is 11.6 Å². The van der Waals surface area contributed by atoms with Gasteiger partial charge in [-0.3, -0.25) is 0 Å². The van der Waals surface area contributed by atoms with Crippen LogP contribution in [0.15, 0.2) is 42.6 Å². The number of aromatic nitrogens is 1.